The van der Waals surface area contributed by atoms with Gasteiger partial charge in [-0.05, 0) is 44.0 Å². The molecule has 0 spiro atoms. The molecule has 5 heteroatoms. The number of aromatic amines is 1. The first-order valence-corrected chi connectivity index (χ1v) is 9.13. The van der Waals surface area contributed by atoms with Gasteiger partial charge in [-0.25, -0.2) is 0 Å². The molecule has 0 aliphatic heterocycles. The molecule has 3 aromatic rings. The molecule has 0 saturated carbocycles. The Labute approximate surface area is 159 Å². The van der Waals surface area contributed by atoms with Crippen LogP contribution in [0.2, 0.25) is 0 Å². The van der Waals surface area contributed by atoms with E-state index in [1.807, 2.05) is 6.07 Å². The molecule has 5 nitrogen and oxygen atoms in total. The smallest absolute Gasteiger partial charge is 0.255 e. The summed E-state index contributed by atoms with van der Waals surface area (Å²) in [6.45, 7) is 6.23. The van der Waals surface area contributed by atoms with Gasteiger partial charge in [0, 0.05) is 11.1 Å². The molecule has 0 bridgehead atoms. The van der Waals surface area contributed by atoms with Crippen molar-refractivity contribution in [2.45, 2.75) is 33.6 Å². The van der Waals surface area contributed by atoms with E-state index in [-0.39, 0.29) is 5.91 Å². The molecular weight excluding hydrogens is 338 g/mol. The molecule has 2 aromatic carbocycles. The molecule has 0 radical (unpaired) electrons. The number of methoxy groups -OCH3 is 1. The van der Waals surface area contributed by atoms with E-state index < -0.39 is 0 Å². The summed E-state index contributed by atoms with van der Waals surface area (Å²) in [6, 6.07) is 13.4. The fourth-order valence-electron chi connectivity index (χ4n) is 3.17. The van der Waals surface area contributed by atoms with Crippen molar-refractivity contribution in [3.8, 4) is 17.0 Å². The first-order valence-electron chi connectivity index (χ1n) is 9.13. The van der Waals surface area contributed by atoms with Crippen molar-refractivity contribution < 1.29 is 9.53 Å². The van der Waals surface area contributed by atoms with Crippen LogP contribution in [-0.2, 0) is 6.42 Å². The number of aromatic nitrogens is 2. The van der Waals surface area contributed by atoms with Gasteiger partial charge in [-0.2, -0.15) is 5.10 Å². The fraction of sp³-hybridized carbons (Fsp3) is 0.273. The zero-order valence-corrected chi connectivity index (χ0v) is 16.2. The van der Waals surface area contributed by atoms with Crippen LogP contribution in [0.15, 0.2) is 42.5 Å². The van der Waals surface area contributed by atoms with E-state index in [1.54, 1.807) is 25.3 Å². The second-order valence-electron chi connectivity index (χ2n) is 6.68. The molecule has 27 heavy (non-hydrogen) atoms. The SMILES string of the molecule is CCCc1[nH]nc(-c2ccc(C)cc2C)c1NC(=O)c1cccc(OC)c1. The predicted octanol–water partition coefficient (Wildman–Crippen LogP) is 4.91. The third-order valence-electron chi connectivity index (χ3n) is 4.55. The van der Waals surface area contributed by atoms with Gasteiger partial charge >= 0.3 is 0 Å². The van der Waals surface area contributed by atoms with E-state index in [2.05, 4.69) is 54.5 Å². The Morgan fingerprint density at radius 1 is 1.19 bits per heavy atom. The standard InChI is InChI=1S/C22H25N3O2/c1-5-7-19-21(23-22(26)16-8-6-9-17(13-16)27-4)20(25-24-19)18-11-10-14(2)12-15(18)3/h6,8-13H,5,7H2,1-4H3,(H,23,26)(H,24,25). The minimum absolute atomic E-state index is 0.182. The average Bonchev–Trinajstić information content (AvgIpc) is 3.04. The monoisotopic (exact) mass is 363 g/mol. The van der Waals surface area contributed by atoms with E-state index >= 15 is 0 Å². The molecule has 0 aliphatic rings. The molecule has 0 atom stereocenters. The molecule has 0 aliphatic carbocycles. The highest BCUT2D eigenvalue weighted by Gasteiger charge is 2.19. The number of benzene rings is 2. The zero-order valence-electron chi connectivity index (χ0n) is 16.2. The van der Waals surface area contributed by atoms with Crippen molar-refractivity contribution in [1.29, 1.82) is 0 Å². The number of hydrogen-bond acceptors (Lipinski definition) is 3. The summed E-state index contributed by atoms with van der Waals surface area (Å²) in [4.78, 5) is 12.9. The van der Waals surface area contributed by atoms with Gasteiger partial charge in [0.25, 0.3) is 5.91 Å². The van der Waals surface area contributed by atoms with Crippen molar-refractivity contribution in [3.63, 3.8) is 0 Å². The van der Waals surface area contributed by atoms with E-state index in [1.165, 1.54) is 5.56 Å². The fourth-order valence-corrected chi connectivity index (χ4v) is 3.17. The highest BCUT2D eigenvalue weighted by atomic mass is 16.5. The lowest BCUT2D eigenvalue weighted by Gasteiger charge is -2.11. The van der Waals surface area contributed by atoms with E-state index in [0.717, 1.165) is 41.0 Å². The van der Waals surface area contributed by atoms with Gasteiger partial charge < -0.3 is 10.1 Å². The lowest BCUT2D eigenvalue weighted by atomic mass is 10.0. The lowest BCUT2D eigenvalue weighted by molar-refractivity contribution is 0.102. The molecule has 2 N–H and O–H groups in total. The van der Waals surface area contributed by atoms with Crippen molar-refractivity contribution in [2.75, 3.05) is 12.4 Å². The molecule has 1 aromatic heterocycles. The van der Waals surface area contributed by atoms with Gasteiger partial charge in [0.15, 0.2) is 0 Å². The summed E-state index contributed by atoms with van der Waals surface area (Å²) >= 11 is 0. The number of carbonyl (C=O) groups excluding carboxylic acids is 1. The topological polar surface area (TPSA) is 67.0 Å². The Morgan fingerprint density at radius 2 is 2.00 bits per heavy atom. The van der Waals surface area contributed by atoms with Crippen molar-refractivity contribution in [1.82, 2.24) is 10.2 Å². The van der Waals surface area contributed by atoms with Gasteiger partial charge in [0.05, 0.1) is 18.5 Å². The lowest BCUT2D eigenvalue weighted by Crippen LogP contribution is -2.13. The number of nitrogens with one attached hydrogen (secondary N) is 2. The van der Waals surface area contributed by atoms with Crippen molar-refractivity contribution in [2.24, 2.45) is 0 Å². The minimum atomic E-state index is -0.182. The minimum Gasteiger partial charge on any atom is -0.497 e. The third kappa shape index (κ3) is 4.03. The van der Waals surface area contributed by atoms with Crippen LogP contribution in [0.25, 0.3) is 11.3 Å². The van der Waals surface area contributed by atoms with Gasteiger partial charge in [-0.3, -0.25) is 9.89 Å². The molecule has 0 saturated heterocycles. The number of ether oxygens (including phenoxy) is 1. The number of nitrogens with zero attached hydrogens (tertiary/aromatic N) is 1. The molecule has 0 unspecified atom stereocenters. The first kappa shape index (κ1) is 18.7. The Balaban J connectivity index is 2.00. The Kier molecular flexibility index (Phi) is 5.60. The summed E-state index contributed by atoms with van der Waals surface area (Å²) in [5.74, 6) is 0.469. The summed E-state index contributed by atoms with van der Waals surface area (Å²) in [5, 5.41) is 10.7. The molecule has 0 fully saturated rings. The normalized spacial score (nSPS) is 10.7. The molecule has 1 amide bonds. The van der Waals surface area contributed by atoms with Crippen LogP contribution < -0.4 is 10.1 Å². The van der Waals surface area contributed by atoms with Gasteiger partial charge in [-0.1, -0.05) is 43.2 Å². The molecular formula is C22H25N3O2. The van der Waals surface area contributed by atoms with E-state index in [9.17, 15) is 4.79 Å². The Hall–Kier alpha value is -3.08. The Bertz CT molecular complexity index is 960. The Morgan fingerprint density at radius 3 is 2.70 bits per heavy atom. The molecule has 140 valence electrons. The highest BCUT2D eigenvalue weighted by molar-refractivity contribution is 6.06. The van der Waals surface area contributed by atoms with Crippen LogP contribution in [-0.4, -0.2) is 23.2 Å². The van der Waals surface area contributed by atoms with Crippen LogP contribution >= 0.6 is 0 Å². The maximum Gasteiger partial charge on any atom is 0.255 e. The number of anilines is 1. The summed E-state index contributed by atoms with van der Waals surface area (Å²) < 4.78 is 5.22. The third-order valence-corrected chi connectivity index (χ3v) is 4.55. The quantitative estimate of drug-likeness (QED) is 0.654. The number of amides is 1. The van der Waals surface area contributed by atoms with Gasteiger partial charge in [0.1, 0.15) is 11.4 Å². The van der Waals surface area contributed by atoms with E-state index in [0.29, 0.717) is 11.3 Å². The molecule has 3 rings (SSSR count). The zero-order chi connectivity index (χ0) is 19.4. The maximum atomic E-state index is 12.9. The highest BCUT2D eigenvalue weighted by Crippen LogP contribution is 2.32. The number of hydrogen-bond donors (Lipinski definition) is 2. The number of aryl methyl sites for hydroxylation is 3. The van der Waals surface area contributed by atoms with Crippen LogP contribution in [0.5, 0.6) is 5.75 Å². The maximum absolute atomic E-state index is 12.9. The summed E-state index contributed by atoms with van der Waals surface area (Å²) in [5.41, 5.74) is 6.33. The summed E-state index contributed by atoms with van der Waals surface area (Å²) in [6.07, 6.45) is 1.77. The number of carbonyl (C=O) groups is 1. The van der Waals surface area contributed by atoms with Crippen molar-refractivity contribution >= 4 is 11.6 Å². The largest absolute Gasteiger partial charge is 0.497 e. The average molecular weight is 363 g/mol. The first-order chi connectivity index (χ1) is 13.0. The second-order valence-corrected chi connectivity index (χ2v) is 6.68. The molecule has 1 heterocycles. The predicted molar refractivity (Wildman–Crippen MR) is 108 cm³/mol. The van der Waals surface area contributed by atoms with Crippen molar-refractivity contribution in [3.05, 3.63) is 64.8 Å². The van der Waals surface area contributed by atoms with Crippen LogP contribution in [0, 0.1) is 13.8 Å². The number of H-pyrrole nitrogens is 1. The van der Waals surface area contributed by atoms with E-state index in [4.69, 9.17) is 4.74 Å². The van der Waals surface area contributed by atoms with Gasteiger partial charge in [-0.15, -0.1) is 0 Å². The van der Waals surface area contributed by atoms with Crippen LogP contribution in [0.1, 0.15) is 40.5 Å². The van der Waals surface area contributed by atoms with Crippen LogP contribution in [0.4, 0.5) is 5.69 Å². The summed E-state index contributed by atoms with van der Waals surface area (Å²) in [7, 11) is 1.59. The van der Waals surface area contributed by atoms with Crippen LogP contribution in [0.3, 0.4) is 0 Å². The number of rotatable bonds is 6. The second kappa shape index (κ2) is 8.08. The van der Waals surface area contributed by atoms with Gasteiger partial charge in [0.2, 0.25) is 0 Å².